The zero-order valence-corrected chi connectivity index (χ0v) is 17.4. The lowest BCUT2D eigenvalue weighted by Gasteiger charge is -2.23. The minimum absolute atomic E-state index is 0.191. The third-order valence-electron chi connectivity index (χ3n) is 5.29. The summed E-state index contributed by atoms with van der Waals surface area (Å²) < 4.78 is 0. The molecule has 6 nitrogen and oxygen atoms in total. The Morgan fingerprint density at radius 2 is 1.81 bits per heavy atom. The lowest BCUT2D eigenvalue weighted by atomic mass is 9.81. The lowest BCUT2D eigenvalue weighted by Crippen LogP contribution is -2.26. The standard InChI is InChI=1S/C24H21ClN2O4/c25-21-13-19(10-8-18(21)14-26)27-23(29)22(28)11-9-16-6-7-17(24(30)31)12-20(16)15-4-2-1-3-5-15/h6-8,10,12-13,15,22,28H,1-5H2,(H,27,29)(H,30,31). The highest BCUT2D eigenvalue weighted by atomic mass is 35.5. The number of carbonyl (C=O) groups excluding carboxylic acids is 1. The second-order valence-corrected chi connectivity index (χ2v) is 7.82. The Morgan fingerprint density at radius 3 is 2.45 bits per heavy atom. The van der Waals surface area contributed by atoms with E-state index in [9.17, 15) is 19.8 Å². The number of rotatable bonds is 4. The van der Waals surface area contributed by atoms with E-state index in [0.29, 0.717) is 11.3 Å². The van der Waals surface area contributed by atoms with E-state index >= 15 is 0 Å². The monoisotopic (exact) mass is 436 g/mol. The number of amides is 1. The second-order valence-electron chi connectivity index (χ2n) is 7.41. The molecule has 2 aromatic carbocycles. The van der Waals surface area contributed by atoms with Crippen molar-refractivity contribution in [2.75, 3.05) is 5.32 Å². The number of hydrogen-bond acceptors (Lipinski definition) is 4. The van der Waals surface area contributed by atoms with Crippen LogP contribution in [0.1, 0.15) is 65.1 Å². The summed E-state index contributed by atoms with van der Waals surface area (Å²) in [6.07, 6.45) is 3.64. The number of aliphatic hydroxyl groups is 1. The van der Waals surface area contributed by atoms with E-state index in [2.05, 4.69) is 17.2 Å². The van der Waals surface area contributed by atoms with Crippen LogP contribution in [0.25, 0.3) is 0 Å². The van der Waals surface area contributed by atoms with Gasteiger partial charge in [0, 0.05) is 11.3 Å². The van der Waals surface area contributed by atoms with Crippen molar-refractivity contribution in [3.8, 4) is 17.9 Å². The summed E-state index contributed by atoms with van der Waals surface area (Å²) in [4.78, 5) is 23.7. The third kappa shape index (κ3) is 5.64. The Balaban J connectivity index is 1.79. The van der Waals surface area contributed by atoms with Gasteiger partial charge >= 0.3 is 5.97 Å². The van der Waals surface area contributed by atoms with Crippen molar-refractivity contribution in [3.05, 3.63) is 63.7 Å². The molecule has 2 aromatic rings. The van der Waals surface area contributed by atoms with Crippen molar-refractivity contribution < 1.29 is 19.8 Å². The van der Waals surface area contributed by atoms with Crippen molar-refractivity contribution in [1.82, 2.24) is 0 Å². The second kappa shape index (κ2) is 10.1. The van der Waals surface area contributed by atoms with E-state index in [0.717, 1.165) is 37.7 Å². The van der Waals surface area contributed by atoms with Crippen LogP contribution in [0, 0.1) is 23.2 Å². The quantitative estimate of drug-likeness (QED) is 0.618. The molecule has 0 aliphatic heterocycles. The lowest BCUT2D eigenvalue weighted by molar-refractivity contribution is -0.121. The van der Waals surface area contributed by atoms with Gasteiger partial charge in [-0.25, -0.2) is 4.79 Å². The Labute approximate surface area is 185 Å². The fourth-order valence-corrected chi connectivity index (χ4v) is 3.89. The van der Waals surface area contributed by atoms with Crippen LogP contribution < -0.4 is 5.32 Å². The molecule has 3 rings (SSSR count). The number of hydrogen-bond donors (Lipinski definition) is 3. The van der Waals surface area contributed by atoms with Crippen LogP contribution in [0.15, 0.2) is 36.4 Å². The number of anilines is 1. The molecule has 0 spiro atoms. The van der Waals surface area contributed by atoms with Crippen LogP contribution in [0.2, 0.25) is 5.02 Å². The first-order valence-corrected chi connectivity index (χ1v) is 10.3. The van der Waals surface area contributed by atoms with Gasteiger partial charge in [-0.3, -0.25) is 4.79 Å². The average Bonchev–Trinajstić information content (AvgIpc) is 2.78. The molecule has 0 saturated heterocycles. The zero-order chi connectivity index (χ0) is 22.4. The van der Waals surface area contributed by atoms with Crippen molar-refractivity contribution in [1.29, 1.82) is 5.26 Å². The maximum Gasteiger partial charge on any atom is 0.335 e. The Kier molecular flexibility index (Phi) is 7.31. The minimum Gasteiger partial charge on any atom is -0.478 e. The van der Waals surface area contributed by atoms with Gasteiger partial charge in [0.05, 0.1) is 16.1 Å². The van der Waals surface area contributed by atoms with Crippen molar-refractivity contribution >= 4 is 29.2 Å². The summed E-state index contributed by atoms with van der Waals surface area (Å²) in [5.74, 6) is 3.88. The van der Waals surface area contributed by atoms with Crippen LogP contribution in [0.4, 0.5) is 5.69 Å². The number of nitriles is 1. The van der Waals surface area contributed by atoms with Gasteiger partial charge in [-0.2, -0.15) is 5.26 Å². The number of benzene rings is 2. The normalized spacial score (nSPS) is 14.6. The maximum absolute atomic E-state index is 12.3. The van der Waals surface area contributed by atoms with E-state index in [4.69, 9.17) is 16.9 Å². The van der Waals surface area contributed by atoms with E-state index in [1.807, 2.05) is 6.07 Å². The first-order chi connectivity index (χ1) is 14.9. The highest BCUT2D eigenvalue weighted by Gasteiger charge is 2.20. The molecule has 3 N–H and O–H groups in total. The number of aliphatic hydroxyl groups excluding tert-OH is 1. The highest BCUT2D eigenvalue weighted by molar-refractivity contribution is 6.32. The summed E-state index contributed by atoms with van der Waals surface area (Å²) in [6, 6.07) is 11.1. The molecule has 0 radical (unpaired) electrons. The van der Waals surface area contributed by atoms with Crippen LogP contribution in [0.3, 0.4) is 0 Å². The van der Waals surface area contributed by atoms with Gasteiger partial charge in [-0.15, -0.1) is 0 Å². The molecule has 0 bridgehead atoms. The van der Waals surface area contributed by atoms with E-state index in [-0.39, 0.29) is 22.1 Å². The van der Waals surface area contributed by atoms with Crippen molar-refractivity contribution in [3.63, 3.8) is 0 Å². The molecule has 31 heavy (non-hydrogen) atoms. The number of nitrogens with one attached hydrogen (secondary N) is 1. The van der Waals surface area contributed by atoms with Crippen LogP contribution >= 0.6 is 11.6 Å². The summed E-state index contributed by atoms with van der Waals surface area (Å²) in [7, 11) is 0. The van der Waals surface area contributed by atoms with Gasteiger partial charge in [-0.05, 0) is 60.7 Å². The van der Waals surface area contributed by atoms with Gasteiger partial charge in [0.25, 0.3) is 5.91 Å². The van der Waals surface area contributed by atoms with Crippen LogP contribution in [-0.4, -0.2) is 28.2 Å². The molecule has 158 valence electrons. The van der Waals surface area contributed by atoms with Crippen molar-refractivity contribution in [2.45, 2.75) is 44.1 Å². The summed E-state index contributed by atoms with van der Waals surface area (Å²) >= 11 is 5.95. The Morgan fingerprint density at radius 1 is 1.10 bits per heavy atom. The zero-order valence-electron chi connectivity index (χ0n) is 16.7. The predicted octanol–water partition coefficient (Wildman–Crippen LogP) is 4.31. The Bertz CT molecular complexity index is 1100. The van der Waals surface area contributed by atoms with E-state index in [1.54, 1.807) is 12.1 Å². The summed E-state index contributed by atoms with van der Waals surface area (Å²) in [5, 5.41) is 31.1. The summed E-state index contributed by atoms with van der Waals surface area (Å²) in [6.45, 7) is 0. The van der Waals surface area contributed by atoms with Gasteiger partial charge < -0.3 is 15.5 Å². The van der Waals surface area contributed by atoms with Crippen LogP contribution in [0.5, 0.6) is 0 Å². The Hall–Kier alpha value is -3.32. The van der Waals surface area contributed by atoms with E-state index < -0.39 is 18.0 Å². The van der Waals surface area contributed by atoms with Gasteiger partial charge in [-0.1, -0.05) is 42.7 Å². The molecule has 1 saturated carbocycles. The summed E-state index contributed by atoms with van der Waals surface area (Å²) in [5.41, 5.74) is 2.27. The molecule has 0 aromatic heterocycles. The van der Waals surface area contributed by atoms with E-state index in [1.165, 1.54) is 24.3 Å². The number of carboxylic acids is 1. The number of aromatic carboxylic acids is 1. The largest absolute Gasteiger partial charge is 0.478 e. The third-order valence-corrected chi connectivity index (χ3v) is 5.61. The predicted molar refractivity (Wildman–Crippen MR) is 117 cm³/mol. The molecule has 0 heterocycles. The number of halogens is 1. The molecule has 1 fully saturated rings. The van der Waals surface area contributed by atoms with Gasteiger partial charge in [0.2, 0.25) is 0 Å². The van der Waals surface area contributed by atoms with Crippen LogP contribution in [-0.2, 0) is 4.79 Å². The fourth-order valence-electron chi connectivity index (χ4n) is 3.67. The number of carbonyl (C=O) groups is 2. The average molecular weight is 437 g/mol. The maximum atomic E-state index is 12.3. The molecule has 1 unspecified atom stereocenters. The van der Waals surface area contributed by atoms with Gasteiger partial charge in [0.15, 0.2) is 6.10 Å². The molecular weight excluding hydrogens is 416 g/mol. The molecule has 1 atom stereocenters. The fraction of sp³-hybridized carbons (Fsp3) is 0.292. The number of carboxylic acid groups (broad SMARTS) is 1. The smallest absolute Gasteiger partial charge is 0.335 e. The van der Waals surface area contributed by atoms with Crippen molar-refractivity contribution in [2.24, 2.45) is 0 Å². The highest BCUT2D eigenvalue weighted by Crippen LogP contribution is 2.34. The minimum atomic E-state index is -1.59. The van der Waals surface area contributed by atoms with Gasteiger partial charge in [0.1, 0.15) is 6.07 Å². The molecule has 1 amide bonds. The molecule has 1 aliphatic rings. The molecular formula is C24H21ClN2O4. The molecule has 1 aliphatic carbocycles. The molecule has 7 heteroatoms. The SMILES string of the molecule is N#Cc1ccc(NC(=O)C(O)C#Cc2ccc(C(=O)O)cc2C2CCCCC2)cc1Cl. The topological polar surface area (TPSA) is 110 Å². The first kappa shape index (κ1) is 22.4. The first-order valence-electron chi connectivity index (χ1n) is 9.96. The number of nitrogens with zero attached hydrogens (tertiary/aromatic N) is 1.